The smallest absolute Gasteiger partial charge is 0.352 e. The first-order valence-electron chi connectivity index (χ1n) is 6.24. The standard InChI is InChI=1S/C15H16ClNO2/c1-3-8-17-13(6-7-14(17)15(18)19)12-9-11(16)5-4-10(12)2/h4-7,9H,3,8H2,1-2H3,(H,18,19). The molecule has 0 aliphatic carbocycles. The SMILES string of the molecule is CCCn1c(C(=O)O)ccc1-c1cc(Cl)ccc1C. The highest BCUT2D eigenvalue weighted by molar-refractivity contribution is 6.30. The van der Waals surface area contributed by atoms with Gasteiger partial charge in [-0.1, -0.05) is 24.6 Å². The summed E-state index contributed by atoms with van der Waals surface area (Å²) in [6.07, 6.45) is 0.877. The molecule has 1 aromatic heterocycles. The van der Waals surface area contributed by atoms with Crippen molar-refractivity contribution in [3.8, 4) is 11.3 Å². The third-order valence-electron chi connectivity index (χ3n) is 3.12. The van der Waals surface area contributed by atoms with Gasteiger partial charge in [0, 0.05) is 22.8 Å². The van der Waals surface area contributed by atoms with Gasteiger partial charge in [0.05, 0.1) is 0 Å². The van der Waals surface area contributed by atoms with E-state index >= 15 is 0 Å². The number of aryl methyl sites for hydroxylation is 1. The molecule has 0 spiro atoms. The van der Waals surface area contributed by atoms with E-state index in [4.69, 9.17) is 11.6 Å². The van der Waals surface area contributed by atoms with Crippen molar-refractivity contribution in [2.75, 3.05) is 0 Å². The fraction of sp³-hybridized carbons (Fsp3) is 0.267. The van der Waals surface area contributed by atoms with Crippen LogP contribution in [0.5, 0.6) is 0 Å². The van der Waals surface area contributed by atoms with Crippen molar-refractivity contribution >= 4 is 17.6 Å². The Hall–Kier alpha value is -1.74. The van der Waals surface area contributed by atoms with Gasteiger partial charge in [0.1, 0.15) is 5.69 Å². The lowest BCUT2D eigenvalue weighted by Gasteiger charge is -2.13. The van der Waals surface area contributed by atoms with Crippen molar-refractivity contribution in [1.29, 1.82) is 0 Å². The van der Waals surface area contributed by atoms with Gasteiger partial charge in [0.15, 0.2) is 0 Å². The van der Waals surface area contributed by atoms with E-state index in [-0.39, 0.29) is 0 Å². The van der Waals surface area contributed by atoms with E-state index in [9.17, 15) is 9.90 Å². The lowest BCUT2D eigenvalue weighted by molar-refractivity contribution is 0.0685. The van der Waals surface area contributed by atoms with Crippen LogP contribution in [0.4, 0.5) is 0 Å². The third-order valence-corrected chi connectivity index (χ3v) is 3.36. The number of aromatic nitrogens is 1. The van der Waals surface area contributed by atoms with Gasteiger partial charge < -0.3 is 9.67 Å². The van der Waals surface area contributed by atoms with Crippen molar-refractivity contribution in [2.24, 2.45) is 0 Å². The van der Waals surface area contributed by atoms with Crippen LogP contribution in [-0.2, 0) is 6.54 Å². The number of hydrogen-bond donors (Lipinski definition) is 1. The molecular formula is C15H16ClNO2. The Morgan fingerprint density at radius 2 is 2.05 bits per heavy atom. The molecule has 0 saturated carbocycles. The van der Waals surface area contributed by atoms with Crippen LogP contribution in [0.2, 0.25) is 5.02 Å². The molecule has 1 aromatic carbocycles. The number of benzene rings is 1. The molecule has 0 unspecified atom stereocenters. The number of rotatable bonds is 4. The molecule has 0 amide bonds. The molecule has 0 bridgehead atoms. The molecule has 2 rings (SSSR count). The lowest BCUT2D eigenvalue weighted by atomic mass is 10.1. The monoisotopic (exact) mass is 277 g/mol. The summed E-state index contributed by atoms with van der Waals surface area (Å²) in [5.74, 6) is -0.903. The first-order valence-corrected chi connectivity index (χ1v) is 6.61. The second-order valence-corrected chi connectivity index (χ2v) is 4.96. The number of nitrogens with zero attached hydrogens (tertiary/aromatic N) is 1. The summed E-state index contributed by atoms with van der Waals surface area (Å²) in [5.41, 5.74) is 3.28. The average Bonchev–Trinajstić information content (AvgIpc) is 2.76. The second kappa shape index (κ2) is 5.49. The van der Waals surface area contributed by atoms with Crippen molar-refractivity contribution in [3.63, 3.8) is 0 Å². The maximum atomic E-state index is 11.2. The van der Waals surface area contributed by atoms with Crippen LogP contribution in [0.1, 0.15) is 29.4 Å². The molecule has 0 radical (unpaired) electrons. The molecule has 2 aromatic rings. The van der Waals surface area contributed by atoms with E-state index in [1.165, 1.54) is 0 Å². The summed E-state index contributed by atoms with van der Waals surface area (Å²) in [6, 6.07) is 9.16. The molecule has 1 N–H and O–H groups in total. The van der Waals surface area contributed by atoms with Crippen LogP contribution in [-0.4, -0.2) is 15.6 Å². The van der Waals surface area contributed by atoms with E-state index in [1.54, 1.807) is 6.07 Å². The fourth-order valence-corrected chi connectivity index (χ4v) is 2.40. The number of hydrogen-bond acceptors (Lipinski definition) is 1. The summed E-state index contributed by atoms with van der Waals surface area (Å²) in [5, 5.41) is 9.88. The van der Waals surface area contributed by atoms with Gasteiger partial charge in [0.25, 0.3) is 0 Å². The molecule has 4 heteroatoms. The Labute approximate surface area is 117 Å². The number of halogens is 1. The van der Waals surface area contributed by atoms with Gasteiger partial charge in [-0.2, -0.15) is 0 Å². The molecule has 100 valence electrons. The zero-order valence-electron chi connectivity index (χ0n) is 11.0. The lowest BCUT2D eigenvalue weighted by Crippen LogP contribution is -2.09. The molecule has 0 atom stereocenters. The molecular weight excluding hydrogens is 262 g/mol. The van der Waals surface area contributed by atoms with E-state index in [0.29, 0.717) is 17.3 Å². The molecule has 0 aliphatic heterocycles. The van der Waals surface area contributed by atoms with E-state index in [1.807, 2.05) is 42.7 Å². The third kappa shape index (κ3) is 2.66. The Morgan fingerprint density at radius 1 is 1.32 bits per heavy atom. The number of carboxylic acids is 1. The first-order chi connectivity index (χ1) is 9.04. The Morgan fingerprint density at radius 3 is 2.68 bits per heavy atom. The predicted octanol–water partition coefficient (Wildman–Crippen LogP) is 4.23. The maximum absolute atomic E-state index is 11.2. The first kappa shape index (κ1) is 13.7. The van der Waals surface area contributed by atoms with Crippen LogP contribution in [0.25, 0.3) is 11.3 Å². The van der Waals surface area contributed by atoms with E-state index in [2.05, 4.69) is 0 Å². The summed E-state index contributed by atoms with van der Waals surface area (Å²) < 4.78 is 1.83. The topological polar surface area (TPSA) is 42.2 Å². The van der Waals surface area contributed by atoms with Crippen LogP contribution < -0.4 is 0 Å². The summed E-state index contributed by atoms with van der Waals surface area (Å²) >= 11 is 6.04. The largest absolute Gasteiger partial charge is 0.477 e. The van der Waals surface area contributed by atoms with Crippen LogP contribution >= 0.6 is 11.6 Å². The molecule has 3 nitrogen and oxygen atoms in total. The molecule has 0 saturated heterocycles. The normalized spacial score (nSPS) is 10.7. The average molecular weight is 278 g/mol. The number of aromatic carboxylic acids is 1. The minimum atomic E-state index is -0.903. The molecule has 0 fully saturated rings. The highest BCUT2D eigenvalue weighted by atomic mass is 35.5. The molecule has 1 heterocycles. The summed E-state index contributed by atoms with van der Waals surface area (Å²) in [6.45, 7) is 4.70. The minimum absolute atomic E-state index is 0.316. The van der Waals surface area contributed by atoms with E-state index in [0.717, 1.165) is 23.2 Å². The Kier molecular flexibility index (Phi) is 3.96. The van der Waals surface area contributed by atoms with Crippen LogP contribution in [0.3, 0.4) is 0 Å². The number of carboxylic acid groups (broad SMARTS) is 1. The van der Waals surface area contributed by atoms with Crippen molar-refractivity contribution in [1.82, 2.24) is 4.57 Å². The van der Waals surface area contributed by atoms with Gasteiger partial charge in [-0.05, 0) is 43.2 Å². The Balaban J connectivity index is 2.61. The second-order valence-electron chi connectivity index (χ2n) is 4.52. The van der Waals surface area contributed by atoms with Gasteiger partial charge in [0.2, 0.25) is 0 Å². The van der Waals surface area contributed by atoms with Gasteiger partial charge in [-0.3, -0.25) is 0 Å². The van der Waals surface area contributed by atoms with Gasteiger partial charge >= 0.3 is 5.97 Å². The number of carbonyl (C=O) groups is 1. The van der Waals surface area contributed by atoms with Crippen LogP contribution in [0.15, 0.2) is 30.3 Å². The molecule has 0 aliphatic rings. The van der Waals surface area contributed by atoms with Crippen molar-refractivity contribution in [3.05, 3.63) is 46.6 Å². The highest BCUT2D eigenvalue weighted by Gasteiger charge is 2.15. The molecule has 19 heavy (non-hydrogen) atoms. The zero-order chi connectivity index (χ0) is 14.0. The predicted molar refractivity (Wildman–Crippen MR) is 76.9 cm³/mol. The van der Waals surface area contributed by atoms with Crippen molar-refractivity contribution in [2.45, 2.75) is 26.8 Å². The maximum Gasteiger partial charge on any atom is 0.352 e. The Bertz CT molecular complexity index is 617. The summed E-state index contributed by atoms with van der Waals surface area (Å²) in [4.78, 5) is 11.2. The summed E-state index contributed by atoms with van der Waals surface area (Å²) in [7, 11) is 0. The van der Waals surface area contributed by atoms with Crippen LogP contribution in [0, 0.1) is 6.92 Å². The van der Waals surface area contributed by atoms with Crippen molar-refractivity contribution < 1.29 is 9.90 Å². The minimum Gasteiger partial charge on any atom is -0.477 e. The van der Waals surface area contributed by atoms with Gasteiger partial charge in [-0.25, -0.2) is 4.79 Å². The van der Waals surface area contributed by atoms with E-state index < -0.39 is 5.97 Å². The highest BCUT2D eigenvalue weighted by Crippen LogP contribution is 2.28. The fourth-order valence-electron chi connectivity index (χ4n) is 2.22. The van der Waals surface area contributed by atoms with Gasteiger partial charge in [-0.15, -0.1) is 0 Å². The quantitative estimate of drug-likeness (QED) is 0.909. The zero-order valence-corrected chi connectivity index (χ0v) is 11.7.